The highest BCUT2D eigenvalue weighted by atomic mass is 15.0. The molecule has 2 heterocycles. The first-order valence-electron chi connectivity index (χ1n) is 6.21. The van der Waals surface area contributed by atoms with Crippen LogP contribution in [0.2, 0.25) is 0 Å². The van der Waals surface area contributed by atoms with Gasteiger partial charge in [-0.15, -0.1) is 0 Å². The number of nitrogens with two attached hydrogens (primary N) is 2. The van der Waals surface area contributed by atoms with Crippen molar-refractivity contribution in [3.8, 4) is 0 Å². The zero-order valence-corrected chi connectivity index (χ0v) is 11.5. The molecule has 0 saturated heterocycles. The first-order chi connectivity index (χ1) is 9.29. The van der Waals surface area contributed by atoms with Crippen LogP contribution in [0.1, 0.15) is 19.5 Å². The van der Waals surface area contributed by atoms with Crippen molar-refractivity contribution in [2.24, 2.45) is 21.9 Å². The summed E-state index contributed by atoms with van der Waals surface area (Å²) in [5.74, 6) is -0.546. The molecule has 0 amide bonds. The van der Waals surface area contributed by atoms with E-state index < -0.39 is 5.54 Å². The van der Waals surface area contributed by atoms with E-state index in [1.54, 1.807) is 12.3 Å². The van der Waals surface area contributed by atoms with E-state index in [2.05, 4.69) is 9.98 Å². The van der Waals surface area contributed by atoms with Gasteiger partial charge in [-0.25, -0.2) is 0 Å². The summed E-state index contributed by atoms with van der Waals surface area (Å²) in [6, 6.07) is 5.52. The minimum atomic E-state index is -1.40. The third-order valence-corrected chi connectivity index (χ3v) is 3.37. The highest BCUT2D eigenvalue weighted by molar-refractivity contribution is 6.18. The smallest absolute Gasteiger partial charge is 0.191 e. The van der Waals surface area contributed by atoms with Gasteiger partial charge in [-0.2, -0.15) is 0 Å². The first-order valence-corrected chi connectivity index (χ1v) is 6.21. The van der Waals surface area contributed by atoms with Gasteiger partial charge in [-0.05, 0) is 18.2 Å². The van der Waals surface area contributed by atoms with Crippen LogP contribution in [0, 0.1) is 16.2 Å². The van der Waals surface area contributed by atoms with Crippen LogP contribution in [-0.2, 0) is 0 Å². The second-order valence-corrected chi connectivity index (χ2v) is 5.32. The van der Waals surface area contributed by atoms with Crippen molar-refractivity contribution in [3.05, 3.63) is 42.2 Å². The Labute approximate surface area is 117 Å². The molecule has 0 aliphatic carbocycles. The predicted molar refractivity (Wildman–Crippen MR) is 80.3 cm³/mol. The molecule has 0 atom stereocenters. The minimum Gasteiger partial charge on any atom is -0.385 e. The van der Waals surface area contributed by atoms with Crippen molar-refractivity contribution in [2.45, 2.75) is 19.4 Å². The molecule has 0 unspecified atom stereocenters. The molecule has 0 radical (unpaired) electrons. The summed E-state index contributed by atoms with van der Waals surface area (Å²) in [5.41, 5.74) is 10.8. The molecule has 2 rings (SSSR count). The zero-order valence-electron chi connectivity index (χ0n) is 11.5. The van der Waals surface area contributed by atoms with Crippen LogP contribution < -0.4 is 11.5 Å². The molecule has 1 aliphatic heterocycles. The molecule has 6 N–H and O–H groups in total. The van der Waals surface area contributed by atoms with E-state index >= 15 is 0 Å². The van der Waals surface area contributed by atoms with E-state index in [4.69, 9.17) is 22.3 Å². The van der Waals surface area contributed by atoms with Crippen molar-refractivity contribution >= 4 is 17.4 Å². The van der Waals surface area contributed by atoms with Crippen LogP contribution in [0.15, 0.2) is 41.5 Å². The highest BCUT2D eigenvalue weighted by Gasteiger charge is 2.41. The Kier molecular flexibility index (Phi) is 3.17. The maximum atomic E-state index is 7.73. The molecule has 0 bridgehead atoms. The maximum Gasteiger partial charge on any atom is 0.191 e. The normalized spacial score (nSPS) is 24.0. The van der Waals surface area contributed by atoms with Crippen LogP contribution in [-0.4, -0.2) is 27.9 Å². The maximum absolute atomic E-state index is 7.73. The lowest BCUT2D eigenvalue weighted by Gasteiger charge is -2.34. The molecule has 6 nitrogen and oxygen atoms in total. The largest absolute Gasteiger partial charge is 0.385 e. The Morgan fingerprint density at radius 2 is 1.75 bits per heavy atom. The molecule has 1 aliphatic rings. The van der Waals surface area contributed by atoms with E-state index in [9.17, 15) is 0 Å². The van der Waals surface area contributed by atoms with E-state index in [1.807, 2.05) is 38.1 Å². The number of hydrogen-bond donors (Lipinski definition) is 4. The van der Waals surface area contributed by atoms with Gasteiger partial charge in [0.2, 0.25) is 0 Å². The first kappa shape index (κ1) is 13.9. The standard InChI is InChI=1S/C14H18N6/c1-13(2)6-7-14(11(15)16,12(17)18)20-10(13)9-5-3-4-8-19-9/h3-8H,1-2H3,(H3,15,16)(H3,17,18). The van der Waals surface area contributed by atoms with Crippen molar-refractivity contribution in [1.29, 1.82) is 10.8 Å². The zero-order chi connectivity index (χ0) is 15.0. The number of nitrogens with zero attached hydrogens (tertiary/aromatic N) is 2. The van der Waals surface area contributed by atoms with Crippen molar-refractivity contribution in [1.82, 2.24) is 4.98 Å². The fraction of sp³-hybridized carbons (Fsp3) is 0.286. The summed E-state index contributed by atoms with van der Waals surface area (Å²) < 4.78 is 0. The van der Waals surface area contributed by atoms with E-state index in [-0.39, 0.29) is 17.1 Å². The number of hydrogen-bond acceptors (Lipinski definition) is 4. The summed E-state index contributed by atoms with van der Waals surface area (Å²) in [6.07, 6.45) is 5.16. The summed E-state index contributed by atoms with van der Waals surface area (Å²) in [4.78, 5) is 8.80. The second-order valence-electron chi connectivity index (χ2n) is 5.32. The van der Waals surface area contributed by atoms with Gasteiger partial charge >= 0.3 is 0 Å². The monoisotopic (exact) mass is 270 g/mol. The minimum absolute atomic E-state index is 0.273. The van der Waals surface area contributed by atoms with Crippen LogP contribution >= 0.6 is 0 Å². The molecular formula is C14H18N6. The van der Waals surface area contributed by atoms with Crippen molar-refractivity contribution < 1.29 is 0 Å². The van der Waals surface area contributed by atoms with Gasteiger partial charge in [0, 0.05) is 11.6 Å². The molecule has 20 heavy (non-hydrogen) atoms. The summed E-state index contributed by atoms with van der Waals surface area (Å²) in [5, 5.41) is 15.5. The summed E-state index contributed by atoms with van der Waals surface area (Å²) >= 11 is 0. The van der Waals surface area contributed by atoms with Gasteiger partial charge in [0.05, 0.1) is 11.4 Å². The lowest BCUT2D eigenvalue weighted by molar-refractivity contribution is 0.638. The number of aliphatic imine (C=N–C) groups is 1. The Bertz CT molecular complexity index is 598. The molecule has 0 saturated carbocycles. The average molecular weight is 270 g/mol. The Morgan fingerprint density at radius 3 is 2.25 bits per heavy atom. The fourth-order valence-electron chi connectivity index (χ4n) is 2.10. The van der Waals surface area contributed by atoms with Crippen molar-refractivity contribution in [3.63, 3.8) is 0 Å². The van der Waals surface area contributed by atoms with Gasteiger partial charge in [-0.3, -0.25) is 20.8 Å². The fourth-order valence-corrected chi connectivity index (χ4v) is 2.10. The van der Waals surface area contributed by atoms with Gasteiger partial charge in [0.1, 0.15) is 11.7 Å². The Hall–Kier alpha value is -2.50. The third-order valence-electron chi connectivity index (χ3n) is 3.37. The molecule has 0 spiro atoms. The quantitative estimate of drug-likeness (QED) is 0.373. The number of amidine groups is 2. The Balaban J connectivity index is 2.65. The second kappa shape index (κ2) is 4.56. The SMILES string of the molecule is CC1(C)C=CC(C(=N)N)(C(=N)N)N=C1c1ccccn1. The molecule has 0 aromatic carbocycles. The lowest BCUT2D eigenvalue weighted by Crippen LogP contribution is -2.53. The van der Waals surface area contributed by atoms with Crippen molar-refractivity contribution in [2.75, 3.05) is 0 Å². The number of allylic oxidation sites excluding steroid dienone is 1. The Morgan fingerprint density at radius 1 is 1.10 bits per heavy atom. The summed E-state index contributed by atoms with van der Waals surface area (Å²) in [6.45, 7) is 3.97. The van der Waals surface area contributed by atoms with E-state index in [1.165, 1.54) is 0 Å². The van der Waals surface area contributed by atoms with E-state index in [0.717, 1.165) is 0 Å². The number of nitrogens with one attached hydrogen (secondary N) is 2. The van der Waals surface area contributed by atoms with Gasteiger partial charge < -0.3 is 11.5 Å². The number of aromatic nitrogens is 1. The van der Waals surface area contributed by atoms with E-state index in [0.29, 0.717) is 11.4 Å². The van der Waals surface area contributed by atoms with Crippen LogP contribution in [0.4, 0.5) is 0 Å². The lowest BCUT2D eigenvalue weighted by atomic mass is 9.78. The molecule has 6 heteroatoms. The topological polar surface area (TPSA) is 125 Å². The van der Waals surface area contributed by atoms with Gasteiger partial charge in [-0.1, -0.05) is 26.0 Å². The third kappa shape index (κ3) is 2.09. The van der Waals surface area contributed by atoms with Gasteiger partial charge in [0.15, 0.2) is 5.54 Å². The van der Waals surface area contributed by atoms with Gasteiger partial charge in [0.25, 0.3) is 0 Å². The number of pyridine rings is 1. The number of dihydropyridines is 1. The summed E-state index contributed by atoms with van der Waals surface area (Å²) in [7, 11) is 0. The predicted octanol–water partition coefficient (Wildman–Crippen LogP) is 1.08. The molecule has 1 aromatic rings. The highest BCUT2D eigenvalue weighted by Crippen LogP contribution is 2.32. The molecule has 104 valence electrons. The number of rotatable bonds is 3. The molecular weight excluding hydrogens is 252 g/mol. The van der Waals surface area contributed by atoms with Crippen LogP contribution in [0.5, 0.6) is 0 Å². The molecule has 0 fully saturated rings. The average Bonchev–Trinajstić information content (AvgIpc) is 2.39. The van der Waals surface area contributed by atoms with Crippen LogP contribution in [0.3, 0.4) is 0 Å². The molecule has 1 aromatic heterocycles. The van der Waals surface area contributed by atoms with Crippen LogP contribution in [0.25, 0.3) is 0 Å².